The van der Waals surface area contributed by atoms with Crippen LogP contribution in [0.1, 0.15) is 34.8 Å². The van der Waals surface area contributed by atoms with Crippen molar-refractivity contribution in [2.45, 2.75) is 25.1 Å². The fourth-order valence-corrected chi connectivity index (χ4v) is 3.47. The smallest absolute Gasteiger partial charge is 0.422 e. The second-order valence-corrected chi connectivity index (χ2v) is 8.05. The molecule has 37 heavy (non-hydrogen) atoms. The van der Waals surface area contributed by atoms with Gasteiger partial charge >= 0.3 is 18.2 Å². The molecule has 0 saturated carbocycles. The molecule has 2 heterocycles. The minimum atomic E-state index is -4.60. The molecule has 3 N–H and O–H groups in total. The van der Waals surface area contributed by atoms with Gasteiger partial charge in [0.25, 0.3) is 0 Å². The van der Waals surface area contributed by atoms with E-state index in [9.17, 15) is 23.1 Å². The van der Waals surface area contributed by atoms with Crippen molar-refractivity contribution in [3.8, 4) is 11.8 Å². The van der Waals surface area contributed by atoms with Gasteiger partial charge in [0, 0.05) is 18.4 Å². The second-order valence-electron chi connectivity index (χ2n) is 8.05. The van der Waals surface area contributed by atoms with E-state index in [-0.39, 0.29) is 36.4 Å². The fourth-order valence-electron chi connectivity index (χ4n) is 3.47. The summed E-state index contributed by atoms with van der Waals surface area (Å²) >= 11 is 0. The van der Waals surface area contributed by atoms with Gasteiger partial charge in [-0.15, -0.1) is 0 Å². The molecule has 2 aromatic carbocycles. The lowest BCUT2D eigenvalue weighted by atomic mass is 10.1. The number of carboxylic acids is 1. The molecular formula is C24H24F3N5O5. The molecule has 4 bridgehead atoms. The Morgan fingerprint density at radius 3 is 2.57 bits per heavy atom. The van der Waals surface area contributed by atoms with E-state index < -0.39 is 30.8 Å². The maximum atomic E-state index is 12.8. The van der Waals surface area contributed by atoms with Gasteiger partial charge in [0.1, 0.15) is 11.3 Å². The van der Waals surface area contributed by atoms with E-state index in [2.05, 4.69) is 25.6 Å². The van der Waals surface area contributed by atoms with E-state index in [4.69, 9.17) is 14.2 Å². The van der Waals surface area contributed by atoms with Crippen molar-refractivity contribution >= 4 is 23.6 Å². The molecule has 196 valence electrons. The van der Waals surface area contributed by atoms with Gasteiger partial charge in [-0.25, -0.2) is 4.79 Å². The highest BCUT2D eigenvalue weighted by Crippen LogP contribution is 2.27. The van der Waals surface area contributed by atoms with Crippen LogP contribution in [0.5, 0.6) is 11.8 Å². The standard InChI is InChI=1S/C24H24F3N5O5/c25-24(26,27)14-37-23-31-21-28-16-8-9-17(20(33)34)19(12-16)36-11-5-4-10-35-13-18(29-22(30-21)32-23)15-6-2-1-3-7-15/h1-3,6-9,12,18H,4-5,10-11,13-14H2,(H,33,34)(H2,28,29,30,31,32)/t18-/m1/s1. The molecule has 0 saturated heterocycles. The Bertz CT molecular complexity index is 1210. The van der Waals surface area contributed by atoms with Crippen molar-refractivity contribution in [3.05, 3.63) is 59.7 Å². The van der Waals surface area contributed by atoms with Crippen molar-refractivity contribution < 1.29 is 37.3 Å². The molecule has 1 atom stereocenters. The number of anilines is 3. The highest BCUT2D eigenvalue weighted by Gasteiger charge is 2.29. The predicted molar refractivity (Wildman–Crippen MR) is 126 cm³/mol. The van der Waals surface area contributed by atoms with Gasteiger partial charge in [-0.2, -0.15) is 28.1 Å². The molecule has 1 aliphatic heterocycles. The molecule has 0 fully saturated rings. The monoisotopic (exact) mass is 519 g/mol. The van der Waals surface area contributed by atoms with Crippen LogP contribution in [-0.2, 0) is 4.74 Å². The van der Waals surface area contributed by atoms with Gasteiger partial charge in [-0.05, 0) is 30.5 Å². The van der Waals surface area contributed by atoms with Gasteiger partial charge in [-0.1, -0.05) is 30.3 Å². The maximum Gasteiger partial charge on any atom is 0.422 e. The average Bonchev–Trinajstić information content (AvgIpc) is 2.85. The summed E-state index contributed by atoms with van der Waals surface area (Å²) in [6, 6.07) is 12.6. The normalized spacial score (nSPS) is 16.6. The van der Waals surface area contributed by atoms with Crippen LogP contribution in [0.2, 0.25) is 0 Å². The van der Waals surface area contributed by atoms with Crippen LogP contribution in [-0.4, -0.2) is 58.6 Å². The zero-order chi connectivity index (χ0) is 26.3. The van der Waals surface area contributed by atoms with E-state index in [0.29, 0.717) is 25.1 Å². The second kappa shape index (κ2) is 11.7. The number of halogens is 3. The van der Waals surface area contributed by atoms with Crippen LogP contribution in [0.4, 0.5) is 30.8 Å². The molecule has 3 aromatic rings. The summed E-state index contributed by atoms with van der Waals surface area (Å²) in [4.78, 5) is 23.8. The minimum absolute atomic E-state index is 0.0409. The van der Waals surface area contributed by atoms with Crippen molar-refractivity contribution in [2.75, 3.05) is 37.1 Å². The Morgan fingerprint density at radius 1 is 1.05 bits per heavy atom. The summed E-state index contributed by atoms with van der Waals surface area (Å²) in [6.07, 6.45) is -3.31. The lowest BCUT2D eigenvalue weighted by Crippen LogP contribution is -2.22. The lowest BCUT2D eigenvalue weighted by molar-refractivity contribution is -0.154. The lowest BCUT2D eigenvalue weighted by Gasteiger charge is -2.20. The van der Waals surface area contributed by atoms with Crippen molar-refractivity contribution in [3.63, 3.8) is 0 Å². The molecular weight excluding hydrogens is 495 g/mol. The number of aromatic nitrogens is 3. The first-order valence-corrected chi connectivity index (χ1v) is 11.4. The minimum Gasteiger partial charge on any atom is -0.493 e. The molecule has 1 aliphatic rings. The summed E-state index contributed by atoms with van der Waals surface area (Å²) in [5.74, 6) is -1.21. The van der Waals surface area contributed by atoms with E-state index in [1.807, 2.05) is 30.3 Å². The summed E-state index contributed by atoms with van der Waals surface area (Å²) in [5.41, 5.74) is 1.17. The van der Waals surface area contributed by atoms with E-state index in [1.165, 1.54) is 18.2 Å². The number of hydrogen-bond acceptors (Lipinski definition) is 9. The number of carboxylic acid groups (broad SMARTS) is 1. The van der Waals surface area contributed by atoms with Crippen LogP contribution in [0.15, 0.2) is 48.5 Å². The fraction of sp³-hybridized carbons (Fsp3) is 0.333. The number of fused-ring (bicyclic) bond motifs is 4. The Kier molecular flexibility index (Phi) is 8.23. The SMILES string of the molecule is O=C(O)c1ccc2cc1OCCCCOC[C@H](c1ccccc1)Nc1nc(nc(OCC(F)(F)F)n1)N2. The average molecular weight is 519 g/mol. The molecule has 0 radical (unpaired) electrons. The highest BCUT2D eigenvalue weighted by molar-refractivity contribution is 5.91. The summed E-state index contributed by atoms with van der Waals surface area (Å²) in [7, 11) is 0. The van der Waals surface area contributed by atoms with E-state index in [0.717, 1.165) is 5.56 Å². The third-order valence-electron chi connectivity index (χ3n) is 5.18. The number of aromatic carboxylic acids is 1. The number of rotatable bonds is 4. The number of nitrogens with zero attached hydrogens (tertiary/aromatic N) is 3. The Hall–Kier alpha value is -4.13. The quantitative estimate of drug-likeness (QED) is 0.450. The molecule has 0 aliphatic carbocycles. The van der Waals surface area contributed by atoms with Gasteiger partial charge in [0.15, 0.2) is 6.61 Å². The number of nitrogens with one attached hydrogen (secondary N) is 2. The predicted octanol–water partition coefficient (Wildman–Crippen LogP) is 4.60. The van der Waals surface area contributed by atoms with Crippen LogP contribution in [0, 0.1) is 0 Å². The molecule has 4 rings (SSSR count). The van der Waals surface area contributed by atoms with Gasteiger partial charge in [-0.3, -0.25) is 0 Å². The Morgan fingerprint density at radius 2 is 1.81 bits per heavy atom. The third kappa shape index (κ3) is 7.67. The van der Waals surface area contributed by atoms with Gasteiger partial charge < -0.3 is 30.0 Å². The van der Waals surface area contributed by atoms with Crippen LogP contribution < -0.4 is 20.1 Å². The van der Waals surface area contributed by atoms with Crippen molar-refractivity contribution in [2.24, 2.45) is 0 Å². The number of carbonyl (C=O) groups is 1. The highest BCUT2D eigenvalue weighted by atomic mass is 19.4. The van der Waals surface area contributed by atoms with Crippen LogP contribution in [0.25, 0.3) is 0 Å². The van der Waals surface area contributed by atoms with Crippen molar-refractivity contribution in [1.29, 1.82) is 0 Å². The Labute approximate surface area is 209 Å². The third-order valence-corrected chi connectivity index (χ3v) is 5.18. The van der Waals surface area contributed by atoms with Crippen LogP contribution >= 0.6 is 0 Å². The number of alkyl halides is 3. The topological polar surface area (TPSA) is 128 Å². The molecule has 1 aromatic heterocycles. The van der Waals surface area contributed by atoms with Crippen molar-refractivity contribution in [1.82, 2.24) is 15.0 Å². The van der Waals surface area contributed by atoms with E-state index in [1.54, 1.807) is 0 Å². The molecule has 10 nitrogen and oxygen atoms in total. The largest absolute Gasteiger partial charge is 0.493 e. The number of hydrogen-bond donors (Lipinski definition) is 3. The molecule has 0 unspecified atom stereocenters. The molecule has 0 amide bonds. The Balaban J connectivity index is 1.70. The summed E-state index contributed by atoms with van der Waals surface area (Å²) in [5, 5.41) is 15.4. The number of ether oxygens (including phenoxy) is 3. The van der Waals surface area contributed by atoms with Gasteiger partial charge in [0.2, 0.25) is 11.9 Å². The summed E-state index contributed by atoms with van der Waals surface area (Å²) < 4.78 is 54.6. The first-order valence-electron chi connectivity index (χ1n) is 11.4. The van der Waals surface area contributed by atoms with Crippen LogP contribution in [0.3, 0.4) is 0 Å². The number of benzene rings is 2. The molecule has 13 heteroatoms. The maximum absolute atomic E-state index is 12.8. The van der Waals surface area contributed by atoms with Gasteiger partial charge in [0.05, 0.1) is 19.3 Å². The first-order chi connectivity index (χ1) is 17.8. The van der Waals surface area contributed by atoms with E-state index >= 15 is 0 Å². The zero-order valence-corrected chi connectivity index (χ0v) is 19.5. The molecule has 0 spiro atoms. The first kappa shape index (κ1) is 25.9. The summed E-state index contributed by atoms with van der Waals surface area (Å²) in [6.45, 7) is -0.699. The zero-order valence-electron chi connectivity index (χ0n) is 19.5.